The highest BCUT2D eigenvalue weighted by molar-refractivity contribution is 6.06. The zero-order chi connectivity index (χ0) is 14.8. The minimum absolute atomic E-state index is 0.419. The van der Waals surface area contributed by atoms with E-state index in [2.05, 4.69) is 6.58 Å². The quantitative estimate of drug-likeness (QED) is 0.659. The van der Waals surface area contributed by atoms with Gasteiger partial charge in [-0.3, -0.25) is 0 Å². The molecule has 0 N–H and O–H groups in total. The van der Waals surface area contributed by atoms with E-state index in [1.54, 1.807) is 26.6 Å². The number of benzene rings is 2. The van der Waals surface area contributed by atoms with Crippen LogP contribution in [0.25, 0.3) is 21.7 Å². The molecule has 0 unspecified atom stereocenters. The topological polar surface area (TPSA) is 40.8 Å². The van der Waals surface area contributed by atoms with Crippen molar-refractivity contribution in [3.05, 3.63) is 43.2 Å². The van der Waals surface area contributed by atoms with E-state index in [0.29, 0.717) is 18.1 Å². The van der Waals surface area contributed by atoms with Gasteiger partial charge in [-0.2, -0.15) is 0 Å². The Morgan fingerprint density at radius 1 is 1.05 bits per heavy atom. The Bertz CT molecular complexity index is 801. The van der Waals surface area contributed by atoms with Gasteiger partial charge in [0.15, 0.2) is 11.5 Å². The van der Waals surface area contributed by atoms with Crippen LogP contribution in [-0.2, 0) is 0 Å². The van der Waals surface area contributed by atoms with Gasteiger partial charge in [0.1, 0.15) is 17.9 Å². The summed E-state index contributed by atoms with van der Waals surface area (Å²) in [6, 6.07) is 7.66. The second-order valence-corrected chi connectivity index (χ2v) is 4.53. The molecule has 3 aromatic rings. The Kier molecular flexibility index (Phi) is 3.44. The maximum Gasteiger partial charge on any atom is 0.168 e. The van der Waals surface area contributed by atoms with Gasteiger partial charge in [-0.25, -0.2) is 0 Å². The summed E-state index contributed by atoms with van der Waals surface area (Å²) in [5.74, 6) is 2.09. The largest absolute Gasteiger partial charge is 0.495 e. The highest BCUT2D eigenvalue weighted by atomic mass is 16.5. The molecule has 0 amide bonds. The van der Waals surface area contributed by atoms with Crippen LogP contribution in [0.5, 0.6) is 17.2 Å². The van der Waals surface area contributed by atoms with Crippen LogP contribution >= 0.6 is 0 Å². The summed E-state index contributed by atoms with van der Waals surface area (Å²) >= 11 is 0. The molecule has 3 rings (SSSR count). The van der Waals surface area contributed by atoms with Crippen molar-refractivity contribution < 1.29 is 18.6 Å². The van der Waals surface area contributed by atoms with Gasteiger partial charge < -0.3 is 18.6 Å². The summed E-state index contributed by atoms with van der Waals surface area (Å²) in [5, 5.41) is 2.78. The van der Waals surface area contributed by atoms with E-state index in [0.717, 1.165) is 27.5 Å². The molecule has 0 saturated carbocycles. The van der Waals surface area contributed by atoms with Gasteiger partial charge in [0.05, 0.1) is 25.9 Å². The van der Waals surface area contributed by atoms with E-state index in [1.165, 1.54) is 0 Å². The van der Waals surface area contributed by atoms with Gasteiger partial charge >= 0.3 is 0 Å². The minimum Gasteiger partial charge on any atom is -0.495 e. The number of hydrogen-bond donors (Lipinski definition) is 0. The van der Waals surface area contributed by atoms with E-state index in [-0.39, 0.29) is 0 Å². The van der Waals surface area contributed by atoms with Crippen molar-refractivity contribution in [1.82, 2.24) is 0 Å². The van der Waals surface area contributed by atoms with Crippen LogP contribution < -0.4 is 14.2 Å². The standard InChI is InChI=1S/C17H16O4/c1-4-8-20-14-6-5-11-13(17(14)19-3)10-15-12(7-9-21-15)16(11)18-2/h4-7,9-10H,1,8H2,2-3H3. The zero-order valence-corrected chi connectivity index (χ0v) is 12.0. The average Bonchev–Trinajstić information content (AvgIpc) is 2.97. The van der Waals surface area contributed by atoms with Crippen LogP contribution in [0.1, 0.15) is 0 Å². The first-order chi connectivity index (χ1) is 10.3. The Balaban J connectivity index is 2.33. The molecule has 108 valence electrons. The molecule has 0 aliphatic heterocycles. The lowest BCUT2D eigenvalue weighted by molar-refractivity contribution is 0.329. The minimum atomic E-state index is 0.419. The molecular weight excluding hydrogens is 268 g/mol. The van der Waals surface area contributed by atoms with Gasteiger partial charge in [0, 0.05) is 10.8 Å². The van der Waals surface area contributed by atoms with Crippen LogP contribution in [0.3, 0.4) is 0 Å². The monoisotopic (exact) mass is 284 g/mol. The van der Waals surface area contributed by atoms with Crippen molar-refractivity contribution in [2.24, 2.45) is 0 Å². The molecule has 1 heterocycles. The third-order valence-corrected chi connectivity index (χ3v) is 3.38. The number of hydrogen-bond acceptors (Lipinski definition) is 4. The SMILES string of the molecule is C=CCOc1ccc2c(OC)c3ccoc3cc2c1OC. The number of ether oxygens (including phenoxy) is 3. The predicted octanol–water partition coefficient (Wildman–Crippen LogP) is 4.17. The van der Waals surface area contributed by atoms with Gasteiger partial charge in [-0.05, 0) is 24.3 Å². The fraction of sp³-hybridized carbons (Fsp3) is 0.176. The molecule has 2 aromatic carbocycles. The van der Waals surface area contributed by atoms with Crippen molar-refractivity contribution in [3.8, 4) is 17.2 Å². The average molecular weight is 284 g/mol. The highest BCUT2D eigenvalue weighted by Crippen LogP contribution is 2.43. The first-order valence-corrected chi connectivity index (χ1v) is 6.58. The lowest BCUT2D eigenvalue weighted by atomic mass is 10.1. The molecule has 0 bridgehead atoms. The predicted molar refractivity (Wildman–Crippen MR) is 82.5 cm³/mol. The normalized spacial score (nSPS) is 10.8. The number of furan rings is 1. The van der Waals surface area contributed by atoms with Gasteiger partial charge in [0.25, 0.3) is 0 Å². The molecule has 0 fully saturated rings. The fourth-order valence-electron chi connectivity index (χ4n) is 2.51. The van der Waals surface area contributed by atoms with Crippen molar-refractivity contribution >= 4 is 21.7 Å². The van der Waals surface area contributed by atoms with E-state index in [1.807, 2.05) is 24.3 Å². The lowest BCUT2D eigenvalue weighted by Crippen LogP contribution is -1.97. The van der Waals surface area contributed by atoms with Crippen LogP contribution in [0.4, 0.5) is 0 Å². The summed E-state index contributed by atoms with van der Waals surface area (Å²) in [6.45, 7) is 4.07. The van der Waals surface area contributed by atoms with E-state index in [9.17, 15) is 0 Å². The van der Waals surface area contributed by atoms with Crippen molar-refractivity contribution in [1.29, 1.82) is 0 Å². The summed E-state index contributed by atoms with van der Waals surface area (Å²) in [7, 11) is 3.27. The Morgan fingerprint density at radius 2 is 1.86 bits per heavy atom. The molecular formula is C17H16O4. The molecule has 0 saturated heterocycles. The van der Waals surface area contributed by atoms with Crippen molar-refractivity contribution in [2.75, 3.05) is 20.8 Å². The zero-order valence-electron chi connectivity index (χ0n) is 12.0. The third-order valence-electron chi connectivity index (χ3n) is 3.38. The first-order valence-electron chi connectivity index (χ1n) is 6.58. The Morgan fingerprint density at radius 3 is 2.57 bits per heavy atom. The first kappa shape index (κ1) is 13.4. The molecule has 0 radical (unpaired) electrons. The maximum absolute atomic E-state index is 5.64. The number of fused-ring (bicyclic) bond motifs is 2. The van der Waals surface area contributed by atoms with Crippen LogP contribution in [-0.4, -0.2) is 20.8 Å². The Labute approximate surface area is 122 Å². The Hall–Kier alpha value is -2.62. The lowest BCUT2D eigenvalue weighted by Gasteiger charge is -2.14. The molecule has 0 spiro atoms. The van der Waals surface area contributed by atoms with Crippen molar-refractivity contribution in [3.63, 3.8) is 0 Å². The van der Waals surface area contributed by atoms with Gasteiger partial charge in [0.2, 0.25) is 0 Å². The highest BCUT2D eigenvalue weighted by Gasteiger charge is 2.16. The number of rotatable bonds is 5. The molecule has 0 atom stereocenters. The fourth-order valence-corrected chi connectivity index (χ4v) is 2.51. The molecule has 21 heavy (non-hydrogen) atoms. The molecule has 4 nitrogen and oxygen atoms in total. The summed E-state index contributed by atoms with van der Waals surface area (Å²) in [4.78, 5) is 0. The molecule has 1 aromatic heterocycles. The van der Waals surface area contributed by atoms with E-state index >= 15 is 0 Å². The summed E-state index contributed by atoms with van der Waals surface area (Å²) < 4.78 is 22.2. The van der Waals surface area contributed by atoms with Crippen LogP contribution in [0.2, 0.25) is 0 Å². The van der Waals surface area contributed by atoms with E-state index < -0.39 is 0 Å². The molecule has 4 heteroatoms. The summed E-state index contributed by atoms with van der Waals surface area (Å²) in [6.07, 6.45) is 3.34. The van der Waals surface area contributed by atoms with Gasteiger partial charge in [-0.15, -0.1) is 0 Å². The molecule has 0 aliphatic carbocycles. The smallest absolute Gasteiger partial charge is 0.168 e. The van der Waals surface area contributed by atoms with Crippen LogP contribution in [0.15, 0.2) is 47.6 Å². The summed E-state index contributed by atoms with van der Waals surface area (Å²) in [5.41, 5.74) is 0.749. The maximum atomic E-state index is 5.64. The second kappa shape index (κ2) is 5.40. The van der Waals surface area contributed by atoms with Crippen molar-refractivity contribution in [2.45, 2.75) is 0 Å². The van der Waals surface area contributed by atoms with Crippen LogP contribution in [0, 0.1) is 0 Å². The molecule has 0 aliphatic rings. The van der Waals surface area contributed by atoms with E-state index in [4.69, 9.17) is 18.6 Å². The number of methoxy groups -OCH3 is 2. The van der Waals surface area contributed by atoms with Gasteiger partial charge in [-0.1, -0.05) is 12.7 Å². The third kappa shape index (κ3) is 2.09. The second-order valence-electron chi connectivity index (χ2n) is 4.53.